The van der Waals surface area contributed by atoms with Gasteiger partial charge in [0.2, 0.25) is 0 Å². The monoisotopic (exact) mass is 776 g/mol. The second-order valence-corrected chi connectivity index (χ2v) is 13.9. The van der Waals surface area contributed by atoms with Crippen LogP contribution in [0.15, 0.2) is 72.8 Å². The third kappa shape index (κ3) is 12.0. The molecule has 4 aromatic carbocycles. The third-order valence-corrected chi connectivity index (χ3v) is 9.20. The molecule has 0 aromatic heterocycles. The molecule has 4 aromatic rings. The molecule has 6 nitrogen and oxygen atoms in total. The molecule has 0 unspecified atom stereocenters. The molecule has 0 saturated carbocycles. The summed E-state index contributed by atoms with van der Waals surface area (Å²) in [6, 6.07) is 18.8. The van der Waals surface area contributed by atoms with E-state index in [0.717, 1.165) is 42.9 Å². The van der Waals surface area contributed by atoms with Crippen molar-refractivity contribution in [2.45, 2.75) is 57.5 Å². The van der Waals surface area contributed by atoms with Gasteiger partial charge in [-0.3, -0.25) is 0 Å². The Hall–Kier alpha value is -4.16. The van der Waals surface area contributed by atoms with Crippen LogP contribution in [0.5, 0.6) is 5.75 Å². The lowest BCUT2D eigenvalue weighted by atomic mass is 10.0. The van der Waals surface area contributed by atoms with Gasteiger partial charge in [0.25, 0.3) is 0 Å². The molecule has 18 heteroatoms. The molecule has 0 amide bonds. The Labute approximate surface area is 287 Å². The zero-order chi connectivity index (χ0) is 38.9. The summed E-state index contributed by atoms with van der Waals surface area (Å²) in [6.07, 6.45) is 3.62. The highest BCUT2D eigenvalue weighted by Crippen LogP contribution is 2.32. The van der Waals surface area contributed by atoms with Crippen molar-refractivity contribution in [1.29, 1.82) is 0 Å². The topological polar surface area (TPSA) is 97.7 Å². The van der Waals surface area contributed by atoms with Crippen LogP contribution in [-0.4, -0.2) is 33.0 Å². The second-order valence-electron chi connectivity index (χ2n) is 10.6. The fraction of sp³-hybridized carbons (Fsp3) is 0.273. The predicted octanol–water partition coefficient (Wildman–Crippen LogP) is 9.88. The Morgan fingerprint density at radius 1 is 0.569 bits per heavy atom. The minimum atomic E-state index is -6.85. The van der Waals surface area contributed by atoms with Crippen molar-refractivity contribution in [2.24, 2.45) is 0 Å². The number of rotatable bonds is 8. The quantitative estimate of drug-likeness (QED) is 0.141. The SMILES string of the molecule is CCCc1ccc(-c2ccc(C)c(F)c2)c(F)c1.CCCc1ccc(-c2ccc(O)c(F)c2)c(F)c1.O=S(=O)(OS(=O)(=O)C(F)(F)F)C(F)(F)F. The van der Waals surface area contributed by atoms with Gasteiger partial charge in [0, 0.05) is 11.1 Å². The van der Waals surface area contributed by atoms with E-state index in [4.69, 9.17) is 5.11 Å². The van der Waals surface area contributed by atoms with Gasteiger partial charge in [-0.15, -0.1) is 3.63 Å². The fourth-order valence-corrected chi connectivity index (χ4v) is 5.66. The minimum Gasteiger partial charge on any atom is -0.505 e. The van der Waals surface area contributed by atoms with Gasteiger partial charge in [0.15, 0.2) is 11.6 Å². The maximum absolute atomic E-state index is 14.0. The van der Waals surface area contributed by atoms with E-state index < -0.39 is 42.8 Å². The number of phenolic OH excluding ortho intramolecular Hbond substituents is 1. The number of phenols is 1. The van der Waals surface area contributed by atoms with E-state index in [2.05, 4.69) is 6.92 Å². The van der Waals surface area contributed by atoms with E-state index in [1.807, 2.05) is 22.7 Å². The van der Waals surface area contributed by atoms with Gasteiger partial charge in [-0.25, -0.2) is 17.6 Å². The van der Waals surface area contributed by atoms with E-state index in [1.54, 1.807) is 31.2 Å². The van der Waals surface area contributed by atoms with E-state index in [-0.39, 0.29) is 17.5 Å². The number of hydrogen-bond donors (Lipinski definition) is 1. The number of aryl methyl sites for hydroxylation is 3. The van der Waals surface area contributed by atoms with Crippen molar-refractivity contribution in [3.05, 3.63) is 113 Å². The summed E-state index contributed by atoms with van der Waals surface area (Å²) in [6.45, 7) is 5.78. The van der Waals surface area contributed by atoms with Crippen LogP contribution in [0.3, 0.4) is 0 Å². The Morgan fingerprint density at radius 3 is 1.29 bits per heavy atom. The molecule has 51 heavy (non-hydrogen) atoms. The molecule has 0 radical (unpaired) electrons. The first-order chi connectivity index (χ1) is 23.4. The summed E-state index contributed by atoms with van der Waals surface area (Å²) in [7, 11) is -13.7. The number of halogens is 10. The van der Waals surface area contributed by atoms with Crippen molar-refractivity contribution < 1.29 is 69.5 Å². The fourth-order valence-electron chi connectivity index (χ4n) is 4.10. The van der Waals surface area contributed by atoms with Gasteiger partial charge in [-0.1, -0.05) is 69.2 Å². The molecular formula is C33H30F10O6S2. The Morgan fingerprint density at radius 2 is 0.961 bits per heavy atom. The highest BCUT2D eigenvalue weighted by molar-refractivity contribution is 8.00. The van der Waals surface area contributed by atoms with Crippen LogP contribution < -0.4 is 0 Å². The highest BCUT2D eigenvalue weighted by atomic mass is 32.3. The van der Waals surface area contributed by atoms with Gasteiger partial charge < -0.3 is 5.11 Å². The van der Waals surface area contributed by atoms with E-state index >= 15 is 0 Å². The van der Waals surface area contributed by atoms with Crippen molar-refractivity contribution in [1.82, 2.24) is 0 Å². The summed E-state index contributed by atoms with van der Waals surface area (Å²) in [5.41, 5.74) is -8.24. The number of hydrogen-bond acceptors (Lipinski definition) is 6. The van der Waals surface area contributed by atoms with Crippen LogP contribution >= 0.6 is 0 Å². The third-order valence-electron chi connectivity index (χ3n) is 6.63. The predicted molar refractivity (Wildman–Crippen MR) is 169 cm³/mol. The second kappa shape index (κ2) is 17.4. The average molecular weight is 777 g/mol. The van der Waals surface area contributed by atoms with Gasteiger partial charge in [-0.2, -0.15) is 43.2 Å². The lowest BCUT2D eigenvalue weighted by Crippen LogP contribution is -2.34. The van der Waals surface area contributed by atoms with Crippen LogP contribution in [0.25, 0.3) is 22.3 Å². The first kappa shape index (κ1) is 43.0. The maximum Gasteiger partial charge on any atom is 0.524 e. The summed E-state index contributed by atoms with van der Waals surface area (Å²) >= 11 is 0. The van der Waals surface area contributed by atoms with Crippen LogP contribution in [-0.2, 0) is 36.7 Å². The first-order valence-corrected chi connectivity index (χ1v) is 17.4. The zero-order valence-corrected chi connectivity index (χ0v) is 28.5. The molecule has 1 N–H and O–H groups in total. The van der Waals surface area contributed by atoms with Crippen LogP contribution in [0.4, 0.5) is 43.9 Å². The van der Waals surface area contributed by atoms with Crippen molar-refractivity contribution in [3.8, 4) is 28.0 Å². The van der Waals surface area contributed by atoms with E-state index in [9.17, 15) is 60.7 Å². The molecule has 4 rings (SSSR count). The minimum absolute atomic E-state index is 0.288. The summed E-state index contributed by atoms with van der Waals surface area (Å²) < 4.78 is 165. The van der Waals surface area contributed by atoms with Crippen LogP contribution in [0.1, 0.15) is 43.4 Å². The van der Waals surface area contributed by atoms with Crippen molar-refractivity contribution >= 4 is 20.2 Å². The van der Waals surface area contributed by atoms with E-state index in [0.29, 0.717) is 27.8 Å². The molecule has 0 aliphatic heterocycles. The van der Waals surface area contributed by atoms with Crippen molar-refractivity contribution in [3.63, 3.8) is 0 Å². The summed E-state index contributed by atoms with van der Waals surface area (Å²) in [5.74, 6) is -2.13. The van der Waals surface area contributed by atoms with Crippen LogP contribution in [0, 0.1) is 30.2 Å². The largest absolute Gasteiger partial charge is 0.524 e. The smallest absolute Gasteiger partial charge is 0.505 e. The van der Waals surface area contributed by atoms with Gasteiger partial charge in [0.05, 0.1) is 0 Å². The molecule has 0 heterocycles. The number of benzene rings is 4. The Kier molecular flexibility index (Phi) is 14.6. The standard InChI is InChI=1S/C16H16F2.C15H14F2O.C2F6O5S2/c1-3-4-12-6-8-14(16(18)9-12)13-7-5-11(2)15(17)10-13;1-2-3-10-4-6-12(13(16)8-10)11-5-7-15(18)14(17)9-11;3-1(4,5)14(9,10)13-15(11,12)2(6,7)8/h5-10H,3-4H2,1-2H3;4-9,18H,2-3H2,1H3;. The average Bonchev–Trinajstić information content (AvgIpc) is 3.00. The molecule has 0 saturated heterocycles. The normalized spacial score (nSPS) is 12.0. The first-order valence-electron chi connectivity index (χ1n) is 14.6. The van der Waals surface area contributed by atoms with Gasteiger partial charge in [0.1, 0.15) is 17.5 Å². The lowest BCUT2D eigenvalue weighted by Gasteiger charge is -2.09. The van der Waals surface area contributed by atoms with Crippen molar-refractivity contribution in [2.75, 3.05) is 0 Å². The van der Waals surface area contributed by atoms with Gasteiger partial charge >= 0.3 is 31.3 Å². The Bertz CT molecular complexity index is 1880. The molecule has 0 atom stereocenters. The van der Waals surface area contributed by atoms with Crippen LogP contribution in [0.2, 0.25) is 0 Å². The summed E-state index contributed by atoms with van der Waals surface area (Å²) in [4.78, 5) is 0. The molecule has 0 aliphatic carbocycles. The van der Waals surface area contributed by atoms with E-state index in [1.165, 1.54) is 30.3 Å². The Balaban J connectivity index is 0.000000267. The zero-order valence-electron chi connectivity index (χ0n) is 26.8. The lowest BCUT2D eigenvalue weighted by molar-refractivity contribution is -0.0585. The highest BCUT2D eigenvalue weighted by Gasteiger charge is 2.57. The molecule has 0 bridgehead atoms. The maximum atomic E-state index is 14.0. The van der Waals surface area contributed by atoms with Gasteiger partial charge in [-0.05, 0) is 77.9 Å². The molecule has 0 fully saturated rings. The molecule has 0 aliphatic rings. The molecular weight excluding hydrogens is 746 g/mol. The number of alkyl halides is 6. The molecule has 280 valence electrons. The summed E-state index contributed by atoms with van der Waals surface area (Å²) in [5, 5.41) is 9.11. The molecule has 0 spiro atoms. The number of aromatic hydroxyl groups is 1.